The van der Waals surface area contributed by atoms with Crippen molar-refractivity contribution >= 4 is 0 Å². The minimum Gasteiger partial charge on any atom is -0.381 e. The largest absolute Gasteiger partial charge is 0.381 e. The molecule has 0 saturated heterocycles. The maximum atomic E-state index is 10.4. The fraction of sp³-hybridized carbons (Fsp3) is 0.500. The Bertz CT molecular complexity index is 273. The molecule has 0 aliphatic heterocycles. The molecular weight excluding hydrogens is 160 g/mol. The first kappa shape index (κ1) is 10.3. The molecule has 0 fully saturated rings. The third kappa shape index (κ3) is 1.75. The Balaban J connectivity index is 3.08. The van der Waals surface area contributed by atoms with E-state index in [0.29, 0.717) is 0 Å². The summed E-state index contributed by atoms with van der Waals surface area (Å²) < 4.78 is 0. The Kier molecular flexibility index (Phi) is 2.77. The van der Waals surface area contributed by atoms with Crippen molar-refractivity contribution in [2.24, 2.45) is 0 Å². The van der Waals surface area contributed by atoms with Crippen molar-refractivity contribution in [3.8, 4) is 0 Å². The molecule has 0 unspecified atom stereocenters. The van der Waals surface area contributed by atoms with Crippen molar-refractivity contribution in [2.45, 2.75) is 38.7 Å². The molecule has 0 heterocycles. The molecular formula is C12H18O. The first-order chi connectivity index (χ1) is 5.98. The van der Waals surface area contributed by atoms with Crippen LogP contribution in [0.5, 0.6) is 0 Å². The lowest BCUT2D eigenvalue weighted by Gasteiger charge is -2.35. The zero-order valence-corrected chi connectivity index (χ0v) is 8.56. The van der Waals surface area contributed by atoms with E-state index in [0.717, 1.165) is 36.0 Å². The predicted molar refractivity (Wildman–Crippen MR) is 56.5 cm³/mol. The summed E-state index contributed by atoms with van der Waals surface area (Å²) in [6.45, 7) is 11.6. The zero-order valence-electron chi connectivity index (χ0n) is 8.56. The second kappa shape index (κ2) is 3.51. The standard InChI is InChI=1S/C12H18O/c1-9(2)11-7-5-6-8-12(11,13)10(3)4/h7,13H,1,3,5-6,8H2,2,4H3/t12-/m0/s1. The van der Waals surface area contributed by atoms with Crippen molar-refractivity contribution in [1.82, 2.24) is 0 Å². The van der Waals surface area contributed by atoms with E-state index in [4.69, 9.17) is 0 Å². The van der Waals surface area contributed by atoms with Crippen LogP contribution in [0.3, 0.4) is 0 Å². The maximum Gasteiger partial charge on any atom is 0.110 e. The van der Waals surface area contributed by atoms with E-state index < -0.39 is 5.60 Å². The van der Waals surface area contributed by atoms with Crippen LogP contribution in [0.2, 0.25) is 0 Å². The van der Waals surface area contributed by atoms with Crippen molar-refractivity contribution in [3.63, 3.8) is 0 Å². The van der Waals surface area contributed by atoms with Gasteiger partial charge in [0.1, 0.15) is 5.60 Å². The molecule has 72 valence electrons. The average Bonchev–Trinajstić information content (AvgIpc) is 2.04. The molecule has 13 heavy (non-hydrogen) atoms. The van der Waals surface area contributed by atoms with Crippen molar-refractivity contribution < 1.29 is 5.11 Å². The molecule has 0 bridgehead atoms. The maximum absolute atomic E-state index is 10.4. The molecule has 1 aliphatic rings. The summed E-state index contributed by atoms with van der Waals surface area (Å²) in [7, 11) is 0. The summed E-state index contributed by atoms with van der Waals surface area (Å²) in [6, 6.07) is 0. The SMILES string of the molecule is C=C(C)C1=CCCC[C@]1(O)C(=C)C. The topological polar surface area (TPSA) is 20.2 Å². The fourth-order valence-electron chi connectivity index (χ4n) is 1.88. The molecule has 0 aromatic carbocycles. The summed E-state index contributed by atoms with van der Waals surface area (Å²) in [4.78, 5) is 0. The monoisotopic (exact) mass is 178 g/mol. The highest BCUT2D eigenvalue weighted by molar-refractivity contribution is 5.42. The van der Waals surface area contributed by atoms with E-state index in [1.165, 1.54) is 0 Å². The van der Waals surface area contributed by atoms with Gasteiger partial charge >= 0.3 is 0 Å². The quantitative estimate of drug-likeness (QED) is 0.644. The lowest BCUT2D eigenvalue weighted by molar-refractivity contribution is 0.102. The lowest BCUT2D eigenvalue weighted by Crippen LogP contribution is -2.34. The Hall–Kier alpha value is -0.820. The van der Waals surface area contributed by atoms with Gasteiger partial charge in [0.05, 0.1) is 0 Å². The molecule has 0 aromatic rings. The first-order valence-corrected chi connectivity index (χ1v) is 4.73. The van der Waals surface area contributed by atoms with E-state index in [9.17, 15) is 5.11 Å². The fourth-order valence-corrected chi connectivity index (χ4v) is 1.88. The van der Waals surface area contributed by atoms with Gasteiger partial charge in [0.2, 0.25) is 0 Å². The van der Waals surface area contributed by atoms with Crippen molar-refractivity contribution in [3.05, 3.63) is 36.0 Å². The van der Waals surface area contributed by atoms with Gasteiger partial charge in [-0.15, -0.1) is 0 Å². The third-order valence-electron chi connectivity index (χ3n) is 2.70. The molecule has 1 rings (SSSR count). The van der Waals surface area contributed by atoms with Gasteiger partial charge in [-0.1, -0.05) is 24.8 Å². The van der Waals surface area contributed by atoms with E-state index in [1.54, 1.807) is 0 Å². The van der Waals surface area contributed by atoms with Crippen LogP contribution in [0.4, 0.5) is 0 Å². The van der Waals surface area contributed by atoms with Crippen LogP contribution in [-0.2, 0) is 0 Å². The Morgan fingerprint density at radius 3 is 2.46 bits per heavy atom. The van der Waals surface area contributed by atoms with Crippen LogP contribution in [-0.4, -0.2) is 10.7 Å². The lowest BCUT2D eigenvalue weighted by atomic mass is 9.76. The molecule has 0 radical (unpaired) electrons. The van der Waals surface area contributed by atoms with E-state index in [-0.39, 0.29) is 0 Å². The molecule has 0 spiro atoms. The van der Waals surface area contributed by atoms with Gasteiger partial charge in [-0.05, 0) is 44.3 Å². The van der Waals surface area contributed by atoms with Gasteiger partial charge < -0.3 is 5.11 Å². The number of aliphatic hydroxyl groups is 1. The van der Waals surface area contributed by atoms with Crippen LogP contribution >= 0.6 is 0 Å². The summed E-state index contributed by atoms with van der Waals surface area (Å²) in [5.74, 6) is 0. The van der Waals surface area contributed by atoms with Gasteiger partial charge in [0.25, 0.3) is 0 Å². The number of allylic oxidation sites excluding steroid dienone is 1. The van der Waals surface area contributed by atoms with Gasteiger partial charge in [-0.3, -0.25) is 0 Å². The normalized spacial score (nSPS) is 28.1. The van der Waals surface area contributed by atoms with Crippen molar-refractivity contribution in [1.29, 1.82) is 0 Å². The number of hydrogen-bond donors (Lipinski definition) is 1. The van der Waals surface area contributed by atoms with Crippen LogP contribution < -0.4 is 0 Å². The zero-order chi connectivity index (χ0) is 10.1. The second-order valence-electron chi connectivity index (χ2n) is 3.93. The average molecular weight is 178 g/mol. The molecule has 1 atom stereocenters. The molecule has 1 aliphatic carbocycles. The highest BCUT2D eigenvalue weighted by atomic mass is 16.3. The highest BCUT2D eigenvalue weighted by Gasteiger charge is 2.34. The highest BCUT2D eigenvalue weighted by Crippen LogP contribution is 2.37. The smallest absolute Gasteiger partial charge is 0.110 e. The van der Waals surface area contributed by atoms with Gasteiger partial charge in [-0.25, -0.2) is 0 Å². The van der Waals surface area contributed by atoms with Crippen LogP contribution in [0, 0.1) is 0 Å². The summed E-state index contributed by atoms with van der Waals surface area (Å²) in [5.41, 5.74) is 1.92. The Morgan fingerprint density at radius 2 is 2.08 bits per heavy atom. The van der Waals surface area contributed by atoms with Gasteiger partial charge in [0, 0.05) is 0 Å². The Morgan fingerprint density at radius 1 is 1.46 bits per heavy atom. The minimum atomic E-state index is -0.815. The minimum absolute atomic E-state index is 0.779. The van der Waals surface area contributed by atoms with Gasteiger partial charge in [-0.2, -0.15) is 0 Å². The number of rotatable bonds is 2. The van der Waals surface area contributed by atoms with E-state index in [1.807, 2.05) is 13.8 Å². The molecule has 0 aromatic heterocycles. The third-order valence-corrected chi connectivity index (χ3v) is 2.70. The first-order valence-electron chi connectivity index (χ1n) is 4.73. The van der Waals surface area contributed by atoms with Crippen LogP contribution in [0.15, 0.2) is 36.0 Å². The Labute approximate surface area is 80.5 Å². The summed E-state index contributed by atoms with van der Waals surface area (Å²) >= 11 is 0. The molecule has 0 amide bonds. The number of hydrogen-bond acceptors (Lipinski definition) is 1. The molecule has 0 saturated carbocycles. The predicted octanol–water partition coefficient (Wildman–Crippen LogP) is 2.98. The molecule has 1 heteroatoms. The van der Waals surface area contributed by atoms with Crippen LogP contribution in [0.25, 0.3) is 0 Å². The summed E-state index contributed by atoms with van der Waals surface area (Å²) in [5, 5.41) is 10.4. The molecule has 1 nitrogen and oxygen atoms in total. The van der Waals surface area contributed by atoms with Gasteiger partial charge in [0.15, 0.2) is 0 Å². The second-order valence-corrected chi connectivity index (χ2v) is 3.93. The molecule has 1 N–H and O–H groups in total. The van der Waals surface area contributed by atoms with E-state index >= 15 is 0 Å². The summed E-state index contributed by atoms with van der Waals surface area (Å²) in [6.07, 6.45) is 4.93. The van der Waals surface area contributed by atoms with E-state index in [2.05, 4.69) is 19.2 Å². The van der Waals surface area contributed by atoms with Crippen molar-refractivity contribution in [2.75, 3.05) is 0 Å². The van der Waals surface area contributed by atoms with Crippen LogP contribution in [0.1, 0.15) is 33.1 Å².